The van der Waals surface area contributed by atoms with Crippen molar-refractivity contribution in [2.45, 2.75) is 6.61 Å². The summed E-state index contributed by atoms with van der Waals surface area (Å²) in [6, 6.07) is 12.1. The van der Waals surface area contributed by atoms with Crippen LogP contribution in [0, 0.1) is 5.82 Å². The highest BCUT2D eigenvalue weighted by atomic mass is 79.9. The summed E-state index contributed by atoms with van der Waals surface area (Å²) in [5.41, 5.74) is 0.755. The largest absolute Gasteiger partial charge is 0.487 e. The molecule has 2 aromatic rings. The number of rotatable bonds is 3. The first-order valence-corrected chi connectivity index (χ1v) is 6.15. The maximum Gasteiger partial charge on any atom is 0.138 e. The summed E-state index contributed by atoms with van der Waals surface area (Å²) in [4.78, 5) is 0. The molecule has 0 saturated carbocycles. The molecule has 0 atom stereocenters. The van der Waals surface area contributed by atoms with Crippen molar-refractivity contribution in [3.8, 4) is 5.75 Å². The summed E-state index contributed by atoms with van der Waals surface area (Å²) in [5.74, 6) is 0.294. The van der Waals surface area contributed by atoms with Crippen molar-refractivity contribution in [3.63, 3.8) is 0 Å². The molecular weight excluding hydrogens is 306 g/mol. The first-order chi connectivity index (χ1) is 8.16. The van der Waals surface area contributed by atoms with Crippen LogP contribution in [0.15, 0.2) is 46.9 Å². The van der Waals surface area contributed by atoms with E-state index < -0.39 is 0 Å². The zero-order chi connectivity index (χ0) is 12.3. The van der Waals surface area contributed by atoms with Crippen molar-refractivity contribution in [2.75, 3.05) is 0 Å². The molecule has 0 unspecified atom stereocenters. The van der Waals surface area contributed by atoms with Crippen molar-refractivity contribution >= 4 is 27.5 Å². The second-order valence-electron chi connectivity index (χ2n) is 3.47. The molecule has 0 aromatic heterocycles. The van der Waals surface area contributed by atoms with Gasteiger partial charge in [-0.25, -0.2) is 4.39 Å². The normalized spacial score (nSPS) is 10.3. The second kappa shape index (κ2) is 5.52. The van der Waals surface area contributed by atoms with Gasteiger partial charge in [0.05, 0.1) is 9.50 Å². The van der Waals surface area contributed by atoms with Crippen molar-refractivity contribution in [1.29, 1.82) is 0 Å². The van der Waals surface area contributed by atoms with Crippen molar-refractivity contribution < 1.29 is 9.13 Å². The van der Waals surface area contributed by atoms with E-state index in [9.17, 15) is 4.39 Å². The van der Waals surface area contributed by atoms with E-state index in [1.807, 2.05) is 12.1 Å². The molecule has 0 aliphatic rings. The molecular formula is C13H9BrClFO. The van der Waals surface area contributed by atoms with Gasteiger partial charge in [0, 0.05) is 0 Å². The third kappa shape index (κ3) is 3.20. The minimum Gasteiger partial charge on any atom is -0.487 e. The second-order valence-corrected chi connectivity index (χ2v) is 4.73. The predicted molar refractivity (Wildman–Crippen MR) is 69.9 cm³/mol. The SMILES string of the molecule is Fc1cc(COc2ccccc2Cl)ccc1Br. The van der Waals surface area contributed by atoms with Gasteiger partial charge in [-0.3, -0.25) is 0 Å². The number of hydrogen-bond acceptors (Lipinski definition) is 1. The van der Waals surface area contributed by atoms with Gasteiger partial charge >= 0.3 is 0 Å². The Morgan fingerprint density at radius 1 is 1.18 bits per heavy atom. The van der Waals surface area contributed by atoms with Gasteiger partial charge in [-0.15, -0.1) is 0 Å². The van der Waals surface area contributed by atoms with Crippen molar-refractivity contribution in [2.24, 2.45) is 0 Å². The molecule has 0 spiro atoms. The molecule has 0 amide bonds. The van der Waals surface area contributed by atoms with Crippen LogP contribution in [0.25, 0.3) is 0 Å². The van der Waals surface area contributed by atoms with E-state index in [1.165, 1.54) is 6.07 Å². The van der Waals surface area contributed by atoms with Crippen LogP contribution < -0.4 is 4.74 Å². The summed E-state index contributed by atoms with van der Waals surface area (Å²) < 4.78 is 19.2. The lowest BCUT2D eigenvalue weighted by molar-refractivity contribution is 0.305. The lowest BCUT2D eigenvalue weighted by Crippen LogP contribution is -1.96. The lowest BCUT2D eigenvalue weighted by atomic mass is 10.2. The molecule has 0 heterocycles. The molecule has 17 heavy (non-hydrogen) atoms. The molecule has 0 aliphatic heterocycles. The Balaban J connectivity index is 2.08. The first kappa shape index (κ1) is 12.4. The molecule has 0 aliphatic carbocycles. The number of halogens is 3. The van der Waals surface area contributed by atoms with E-state index >= 15 is 0 Å². The summed E-state index contributed by atoms with van der Waals surface area (Å²) in [7, 11) is 0. The summed E-state index contributed by atoms with van der Waals surface area (Å²) in [6.45, 7) is 0.286. The highest BCUT2D eigenvalue weighted by molar-refractivity contribution is 9.10. The van der Waals surface area contributed by atoms with E-state index in [4.69, 9.17) is 16.3 Å². The maximum absolute atomic E-state index is 13.3. The van der Waals surface area contributed by atoms with Gasteiger partial charge in [-0.1, -0.05) is 29.8 Å². The van der Waals surface area contributed by atoms with E-state index in [0.29, 0.717) is 15.2 Å². The molecule has 0 saturated heterocycles. The third-order valence-electron chi connectivity index (χ3n) is 2.22. The molecule has 88 valence electrons. The lowest BCUT2D eigenvalue weighted by Gasteiger charge is -2.08. The molecule has 2 aromatic carbocycles. The topological polar surface area (TPSA) is 9.23 Å². The highest BCUT2D eigenvalue weighted by Crippen LogP contribution is 2.24. The zero-order valence-electron chi connectivity index (χ0n) is 8.79. The Morgan fingerprint density at radius 2 is 1.94 bits per heavy atom. The van der Waals surface area contributed by atoms with Crippen LogP contribution in [0.2, 0.25) is 5.02 Å². The van der Waals surface area contributed by atoms with Crippen LogP contribution in [0.5, 0.6) is 5.75 Å². The number of benzene rings is 2. The van der Waals surface area contributed by atoms with Gasteiger partial charge in [0.25, 0.3) is 0 Å². The zero-order valence-corrected chi connectivity index (χ0v) is 11.1. The predicted octanol–water partition coefficient (Wildman–Crippen LogP) is 4.82. The molecule has 2 rings (SSSR count). The van der Waals surface area contributed by atoms with Gasteiger partial charge in [-0.05, 0) is 45.8 Å². The fraction of sp³-hybridized carbons (Fsp3) is 0.0769. The Kier molecular flexibility index (Phi) is 4.02. The molecule has 1 nitrogen and oxygen atoms in total. The van der Waals surface area contributed by atoms with Crippen LogP contribution in [-0.2, 0) is 6.61 Å². The van der Waals surface area contributed by atoms with E-state index in [0.717, 1.165) is 5.56 Å². The first-order valence-electron chi connectivity index (χ1n) is 4.98. The molecule has 0 N–H and O–H groups in total. The van der Waals surface area contributed by atoms with Gasteiger partial charge in [0.2, 0.25) is 0 Å². The number of hydrogen-bond donors (Lipinski definition) is 0. The van der Waals surface area contributed by atoms with E-state index in [-0.39, 0.29) is 12.4 Å². The van der Waals surface area contributed by atoms with Crippen LogP contribution in [0.1, 0.15) is 5.56 Å². The van der Waals surface area contributed by atoms with E-state index in [1.54, 1.807) is 24.3 Å². The minimum absolute atomic E-state index is 0.286. The standard InChI is InChI=1S/C13H9BrClFO/c14-10-6-5-9(7-12(10)16)8-17-13-4-2-1-3-11(13)15/h1-7H,8H2. The Morgan fingerprint density at radius 3 is 2.65 bits per heavy atom. The summed E-state index contributed by atoms with van der Waals surface area (Å²) in [6.07, 6.45) is 0. The van der Waals surface area contributed by atoms with Crippen molar-refractivity contribution in [1.82, 2.24) is 0 Å². The molecule has 0 radical (unpaired) electrons. The van der Waals surface area contributed by atoms with Crippen molar-refractivity contribution in [3.05, 3.63) is 63.3 Å². The fourth-order valence-electron chi connectivity index (χ4n) is 1.35. The van der Waals surface area contributed by atoms with Crippen LogP contribution in [0.3, 0.4) is 0 Å². The van der Waals surface area contributed by atoms with Gasteiger partial charge in [0.15, 0.2) is 0 Å². The quantitative estimate of drug-likeness (QED) is 0.789. The van der Waals surface area contributed by atoms with Crippen LogP contribution in [-0.4, -0.2) is 0 Å². The van der Waals surface area contributed by atoms with Gasteiger partial charge in [-0.2, -0.15) is 0 Å². The van der Waals surface area contributed by atoms with Crippen LogP contribution in [0.4, 0.5) is 4.39 Å². The van der Waals surface area contributed by atoms with E-state index in [2.05, 4.69) is 15.9 Å². The third-order valence-corrected chi connectivity index (χ3v) is 3.17. The average molecular weight is 316 g/mol. The molecule has 4 heteroatoms. The maximum atomic E-state index is 13.3. The molecule has 0 bridgehead atoms. The number of para-hydroxylation sites is 1. The average Bonchev–Trinajstić information content (AvgIpc) is 2.32. The Bertz CT molecular complexity index is 531. The Labute approximate surface area is 112 Å². The summed E-state index contributed by atoms with van der Waals surface area (Å²) >= 11 is 9.04. The Hall–Kier alpha value is -1.06. The van der Waals surface area contributed by atoms with Gasteiger partial charge < -0.3 is 4.74 Å². The number of ether oxygens (including phenoxy) is 1. The smallest absolute Gasteiger partial charge is 0.138 e. The highest BCUT2D eigenvalue weighted by Gasteiger charge is 2.03. The fourth-order valence-corrected chi connectivity index (χ4v) is 1.79. The monoisotopic (exact) mass is 314 g/mol. The van der Waals surface area contributed by atoms with Gasteiger partial charge in [0.1, 0.15) is 18.2 Å². The summed E-state index contributed by atoms with van der Waals surface area (Å²) in [5, 5.41) is 0.546. The molecule has 0 fully saturated rings. The van der Waals surface area contributed by atoms with Crippen LogP contribution >= 0.6 is 27.5 Å². The minimum atomic E-state index is -0.301.